The lowest BCUT2D eigenvalue weighted by atomic mass is 9.97. The van der Waals surface area contributed by atoms with Crippen molar-refractivity contribution in [1.82, 2.24) is 10.2 Å². The molecule has 0 bridgehead atoms. The van der Waals surface area contributed by atoms with Crippen molar-refractivity contribution in [3.8, 4) is 0 Å². The Labute approximate surface area is 134 Å². The van der Waals surface area contributed by atoms with Crippen molar-refractivity contribution in [3.05, 3.63) is 0 Å². The molecule has 1 aliphatic heterocycles. The zero-order valence-electron chi connectivity index (χ0n) is 14.4. The predicted octanol–water partition coefficient (Wildman–Crippen LogP) is 2.39. The number of nitrogens with one attached hydrogen (secondary N) is 1. The van der Waals surface area contributed by atoms with Gasteiger partial charge in [-0.2, -0.15) is 0 Å². The molecule has 2 aliphatic rings. The van der Waals surface area contributed by atoms with E-state index in [0.717, 1.165) is 39.0 Å². The van der Waals surface area contributed by atoms with E-state index in [0.29, 0.717) is 11.3 Å². The molecule has 1 amide bonds. The number of aliphatic hydroxyl groups is 1. The molecule has 0 spiro atoms. The van der Waals surface area contributed by atoms with Gasteiger partial charge in [-0.1, -0.05) is 0 Å². The van der Waals surface area contributed by atoms with Crippen LogP contribution in [0, 0.1) is 11.3 Å². The molecule has 1 atom stereocenters. The summed E-state index contributed by atoms with van der Waals surface area (Å²) in [6, 6.07) is 0. The van der Waals surface area contributed by atoms with Crippen molar-refractivity contribution in [1.29, 1.82) is 0 Å². The highest BCUT2D eigenvalue weighted by molar-refractivity contribution is 5.68. The number of aliphatic hydroxyl groups excluding tert-OH is 1. The van der Waals surface area contributed by atoms with Gasteiger partial charge in [-0.05, 0) is 70.8 Å². The molecule has 1 heterocycles. The molecule has 1 aliphatic carbocycles. The van der Waals surface area contributed by atoms with Gasteiger partial charge in [0.2, 0.25) is 0 Å². The van der Waals surface area contributed by atoms with E-state index < -0.39 is 5.60 Å². The number of amides is 1. The van der Waals surface area contributed by atoms with Crippen LogP contribution in [0.1, 0.15) is 52.9 Å². The van der Waals surface area contributed by atoms with Gasteiger partial charge in [-0.25, -0.2) is 4.79 Å². The van der Waals surface area contributed by atoms with Gasteiger partial charge in [0.25, 0.3) is 0 Å². The lowest BCUT2D eigenvalue weighted by molar-refractivity contribution is 0.0165. The second-order valence-corrected chi connectivity index (χ2v) is 8.04. The highest BCUT2D eigenvalue weighted by atomic mass is 16.6. The Morgan fingerprint density at radius 1 is 1.41 bits per heavy atom. The molecule has 0 radical (unpaired) electrons. The smallest absolute Gasteiger partial charge is 0.410 e. The number of hydrogen-bond donors (Lipinski definition) is 2. The molecule has 2 rings (SSSR count). The predicted molar refractivity (Wildman–Crippen MR) is 86.8 cm³/mol. The highest BCUT2D eigenvalue weighted by Gasteiger charge is 2.41. The fraction of sp³-hybridized carbons (Fsp3) is 0.941. The van der Waals surface area contributed by atoms with E-state index in [1.807, 2.05) is 25.7 Å². The van der Waals surface area contributed by atoms with E-state index in [4.69, 9.17) is 9.84 Å². The average Bonchev–Trinajstić information content (AvgIpc) is 3.17. The average molecular weight is 312 g/mol. The van der Waals surface area contributed by atoms with Gasteiger partial charge in [0.05, 0.1) is 0 Å². The fourth-order valence-corrected chi connectivity index (χ4v) is 3.19. The van der Waals surface area contributed by atoms with E-state index in [1.165, 1.54) is 19.3 Å². The maximum absolute atomic E-state index is 12.1. The van der Waals surface area contributed by atoms with Crippen LogP contribution in [0.2, 0.25) is 0 Å². The van der Waals surface area contributed by atoms with Crippen molar-refractivity contribution in [2.75, 3.05) is 32.8 Å². The second-order valence-electron chi connectivity index (χ2n) is 8.04. The van der Waals surface area contributed by atoms with E-state index in [1.54, 1.807) is 0 Å². The molecule has 5 heteroatoms. The van der Waals surface area contributed by atoms with Gasteiger partial charge in [0, 0.05) is 26.2 Å². The van der Waals surface area contributed by atoms with Crippen LogP contribution in [-0.4, -0.2) is 54.5 Å². The molecule has 0 aromatic rings. The molecule has 0 aromatic heterocycles. The third-order valence-corrected chi connectivity index (χ3v) is 4.70. The maximum Gasteiger partial charge on any atom is 0.410 e. The van der Waals surface area contributed by atoms with Gasteiger partial charge < -0.3 is 20.1 Å². The number of ether oxygens (including phenoxy) is 1. The van der Waals surface area contributed by atoms with E-state index in [9.17, 15) is 4.79 Å². The number of carbonyl (C=O) groups is 1. The summed E-state index contributed by atoms with van der Waals surface area (Å²) in [5.74, 6) is 0.506. The van der Waals surface area contributed by atoms with Crippen LogP contribution in [-0.2, 0) is 4.74 Å². The van der Waals surface area contributed by atoms with E-state index >= 15 is 0 Å². The van der Waals surface area contributed by atoms with Crippen LogP contribution in [0.3, 0.4) is 0 Å². The molecule has 5 nitrogen and oxygen atoms in total. The molecule has 1 unspecified atom stereocenters. The SMILES string of the molecule is CC(C)(C)OC(=O)N1CCCC(CNCC2(CCO)CC2)C1. The van der Waals surface area contributed by atoms with Crippen molar-refractivity contribution in [3.63, 3.8) is 0 Å². The summed E-state index contributed by atoms with van der Waals surface area (Å²) in [5, 5.41) is 12.7. The van der Waals surface area contributed by atoms with Crippen LogP contribution in [0.4, 0.5) is 4.79 Å². The maximum atomic E-state index is 12.1. The number of nitrogens with zero attached hydrogens (tertiary/aromatic N) is 1. The molecule has 22 heavy (non-hydrogen) atoms. The zero-order chi connectivity index (χ0) is 16.2. The molecule has 128 valence electrons. The minimum absolute atomic E-state index is 0.184. The normalized spacial score (nSPS) is 24.2. The van der Waals surface area contributed by atoms with Gasteiger partial charge in [-0.15, -0.1) is 0 Å². The summed E-state index contributed by atoms with van der Waals surface area (Å²) in [7, 11) is 0. The van der Waals surface area contributed by atoms with Crippen LogP contribution in [0.25, 0.3) is 0 Å². The van der Waals surface area contributed by atoms with Gasteiger partial charge >= 0.3 is 6.09 Å². The third-order valence-electron chi connectivity index (χ3n) is 4.70. The lowest BCUT2D eigenvalue weighted by Gasteiger charge is -2.34. The van der Waals surface area contributed by atoms with Crippen molar-refractivity contribution in [2.45, 2.75) is 58.5 Å². The number of rotatable bonds is 6. The first-order valence-corrected chi connectivity index (χ1v) is 8.63. The second kappa shape index (κ2) is 7.18. The summed E-state index contributed by atoms with van der Waals surface area (Å²) >= 11 is 0. The molecular formula is C17H32N2O3. The molecular weight excluding hydrogens is 280 g/mol. The number of likely N-dealkylation sites (tertiary alicyclic amines) is 1. The van der Waals surface area contributed by atoms with Crippen LogP contribution < -0.4 is 5.32 Å². The fourth-order valence-electron chi connectivity index (χ4n) is 3.19. The van der Waals surface area contributed by atoms with E-state index in [-0.39, 0.29) is 12.7 Å². The first kappa shape index (κ1) is 17.5. The van der Waals surface area contributed by atoms with Crippen molar-refractivity contribution in [2.24, 2.45) is 11.3 Å². The summed E-state index contributed by atoms with van der Waals surface area (Å²) in [6.07, 6.45) is 5.41. The molecule has 2 N–H and O–H groups in total. The Bertz CT molecular complexity index is 375. The topological polar surface area (TPSA) is 61.8 Å². The minimum Gasteiger partial charge on any atom is -0.444 e. The van der Waals surface area contributed by atoms with Gasteiger partial charge in [0.1, 0.15) is 5.60 Å². The summed E-state index contributed by atoms with van der Waals surface area (Å²) < 4.78 is 5.46. The van der Waals surface area contributed by atoms with Crippen LogP contribution in [0.15, 0.2) is 0 Å². The van der Waals surface area contributed by atoms with Gasteiger partial charge in [0.15, 0.2) is 0 Å². The zero-order valence-corrected chi connectivity index (χ0v) is 14.4. The Morgan fingerprint density at radius 2 is 2.14 bits per heavy atom. The number of piperidine rings is 1. The lowest BCUT2D eigenvalue weighted by Crippen LogP contribution is -2.45. The quantitative estimate of drug-likeness (QED) is 0.790. The third kappa shape index (κ3) is 5.43. The molecule has 0 aromatic carbocycles. The highest BCUT2D eigenvalue weighted by Crippen LogP contribution is 2.47. The van der Waals surface area contributed by atoms with Crippen molar-refractivity contribution >= 4 is 6.09 Å². The summed E-state index contributed by atoms with van der Waals surface area (Å²) in [6.45, 7) is 9.55. The molecule has 2 fully saturated rings. The number of carbonyl (C=O) groups excluding carboxylic acids is 1. The number of hydrogen-bond acceptors (Lipinski definition) is 4. The summed E-state index contributed by atoms with van der Waals surface area (Å²) in [5.41, 5.74) is -0.0702. The first-order valence-electron chi connectivity index (χ1n) is 8.63. The Balaban J connectivity index is 1.70. The summed E-state index contributed by atoms with van der Waals surface area (Å²) in [4.78, 5) is 14.0. The minimum atomic E-state index is -0.426. The Kier molecular flexibility index (Phi) is 5.72. The monoisotopic (exact) mass is 312 g/mol. The van der Waals surface area contributed by atoms with Crippen molar-refractivity contribution < 1.29 is 14.6 Å². The Hall–Kier alpha value is -0.810. The standard InChI is InChI=1S/C17H32N2O3/c1-16(2,3)22-15(21)19-9-4-5-14(12-19)11-18-13-17(6-7-17)8-10-20/h14,18,20H,4-13H2,1-3H3. The molecule has 1 saturated carbocycles. The van der Waals surface area contributed by atoms with Gasteiger partial charge in [-0.3, -0.25) is 0 Å². The Morgan fingerprint density at radius 3 is 2.73 bits per heavy atom. The van der Waals surface area contributed by atoms with Crippen LogP contribution in [0.5, 0.6) is 0 Å². The first-order chi connectivity index (χ1) is 10.3. The van der Waals surface area contributed by atoms with E-state index in [2.05, 4.69) is 5.32 Å². The molecule has 1 saturated heterocycles. The largest absolute Gasteiger partial charge is 0.444 e. The van der Waals surface area contributed by atoms with Crippen LogP contribution >= 0.6 is 0 Å².